The number of unbranched alkanes of at least 4 members (excludes halogenated alkanes) is 1. The average molecular weight is 268 g/mol. The van der Waals surface area contributed by atoms with Gasteiger partial charge in [-0.05, 0) is 33.1 Å². The van der Waals surface area contributed by atoms with Crippen LogP contribution in [0.2, 0.25) is 0 Å². The highest BCUT2D eigenvalue weighted by Gasteiger charge is 2.33. The lowest BCUT2D eigenvalue weighted by Crippen LogP contribution is -2.45. The van der Waals surface area contributed by atoms with Crippen LogP contribution in [0.5, 0.6) is 0 Å². The van der Waals surface area contributed by atoms with Gasteiger partial charge in [-0.3, -0.25) is 5.32 Å². The molecule has 4 heteroatoms. The van der Waals surface area contributed by atoms with Crippen LogP contribution in [0.25, 0.3) is 0 Å². The van der Waals surface area contributed by atoms with Crippen LogP contribution in [0.3, 0.4) is 0 Å². The first-order chi connectivity index (χ1) is 9.09. The summed E-state index contributed by atoms with van der Waals surface area (Å²) in [6, 6.07) is 2.91. The van der Waals surface area contributed by atoms with Gasteiger partial charge in [-0.2, -0.15) is 5.26 Å². The molecule has 1 N–H and O–H groups in total. The first-order valence-corrected chi connectivity index (χ1v) is 7.48. The van der Waals surface area contributed by atoms with Gasteiger partial charge in [0.15, 0.2) is 0 Å². The summed E-state index contributed by atoms with van der Waals surface area (Å²) < 4.78 is 11.2. The zero-order valence-corrected chi connectivity index (χ0v) is 12.6. The molecule has 0 aromatic carbocycles. The molecule has 1 saturated carbocycles. The third-order valence-corrected chi connectivity index (χ3v) is 3.31. The van der Waals surface area contributed by atoms with Crippen LogP contribution >= 0.6 is 0 Å². The zero-order valence-electron chi connectivity index (χ0n) is 12.6. The molecule has 4 nitrogen and oxygen atoms in total. The molecule has 1 aliphatic carbocycles. The largest absolute Gasteiger partial charge is 0.379 e. The standard InChI is InChI=1S/C15H28N2O2/c1-4-5-8-18-9-10-19-13(2)11-15(3,12-16)17-14-6-7-14/h13-14,17H,4-11H2,1-3H3. The van der Waals surface area contributed by atoms with E-state index >= 15 is 0 Å². The van der Waals surface area contributed by atoms with E-state index in [0.717, 1.165) is 25.9 Å². The van der Waals surface area contributed by atoms with E-state index in [-0.39, 0.29) is 6.10 Å². The van der Waals surface area contributed by atoms with Crippen molar-refractivity contribution in [2.45, 2.75) is 70.6 Å². The van der Waals surface area contributed by atoms with Gasteiger partial charge in [0, 0.05) is 19.1 Å². The highest BCUT2D eigenvalue weighted by Crippen LogP contribution is 2.24. The summed E-state index contributed by atoms with van der Waals surface area (Å²) in [6.45, 7) is 8.20. The molecule has 1 aliphatic rings. The van der Waals surface area contributed by atoms with Crippen LogP contribution in [-0.2, 0) is 9.47 Å². The molecule has 0 bridgehead atoms. The van der Waals surface area contributed by atoms with Crippen molar-refractivity contribution >= 4 is 0 Å². The zero-order chi connectivity index (χ0) is 14.1. The Morgan fingerprint density at radius 3 is 2.68 bits per heavy atom. The lowest BCUT2D eigenvalue weighted by atomic mass is 9.96. The SMILES string of the molecule is CCCCOCCOC(C)CC(C)(C#N)NC1CC1. The molecule has 0 aromatic heterocycles. The van der Waals surface area contributed by atoms with Crippen molar-refractivity contribution in [3.05, 3.63) is 0 Å². The maximum absolute atomic E-state index is 9.29. The van der Waals surface area contributed by atoms with E-state index in [0.29, 0.717) is 19.3 Å². The minimum absolute atomic E-state index is 0.0747. The van der Waals surface area contributed by atoms with Crippen LogP contribution < -0.4 is 5.32 Å². The quantitative estimate of drug-likeness (QED) is 0.585. The molecule has 0 saturated heterocycles. The van der Waals surface area contributed by atoms with E-state index in [1.807, 2.05) is 13.8 Å². The number of ether oxygens (including phenoxy) is 2. The van der Waals surface area contributed by atoms with Gasteiger partial charge < -0.3 is 9.47 Å². The van der Waals surface area contributed by atoms with Gasteiger partial charge in [-0.15, -0.1) is 0 Å². The molecule has 2 unspecified atom stereocenters. The van der Waals surface area contributed by atoms with Gasteiger partial charge in [-0.1, -0.05) is 13.3 Å². The van der Waals surface area contributed by atoms with Gasteiger partial charge in [-0.25, -0.2) is 0 Å². The Kier molecular flexibility index (Phi) is 7.37. The number of nitrogens with zero attached hydrogens (tertiary/aromatic N) is 1. The summed E-state index contributed by atoms with van der Waals surface area (Å²) in [4.78, 5) is 0. The van der Waals surface area contributed by atoms with Gasteiger partial charge >= 0.3 is 0 Å². The molecule has 1 rings (SSSR count). The van der Waals surface area contributed by atoms with E-state index in [4.69, 9.17) is 9.47 Å². The van der Waals surface area contributed by atoms with Crippen molar-refractivity contribution < 1.29 is 9.47 Å². The smallest absolute Gasteiger partial charge is 0.106 e. The van der Waals surface area contributed by atoms with E-state index in [1.54, 1.807) is 0 Å². The van der Waals surface area contributed by atoms with Crippen LogP contribution in [-0.4, -0.2) is 37.5 Å². The highest BCUT2D eigenvalue weighted by atomic mass is 16.5. The Morgan fingerprint density at radius 1 is 1.37 bits per heavy atom. The van der Waals surface area contributed by atoms with Crippen LogP contribution in [0.15, 0.2) is 0 Å². The van der Waals surface area contributed by atoms with E-state index in [1.165, 1.54) is 12.8 Å². The molecule has 0 aromatic rings. The molecule has 0 amide bonds. The second kappa shape index (κ2) is 8.52. The number of hydrogen-bond acceptors (Lipinski definition) is 4. The third-order valence-electron chi connectivity index (χ3n) is 3.31. The number of nitrogens with one attached hydrogen (secondary N) is 1. The first-order valence-electron chi connectivity index (χ1n) is 7.48. The molecule has 110 valence electrons. The fourth-order valence-corrected chi connectivity index (χ4v) is 2.11. The van der Waals surface area contributed by atoms with Crippen molar-refractivity contribution in [1.82, 2.24) is 5.32 Å². The van der Waals surface area contributed by atoms with Crippen molar-refractivity contribution in [1.29, 1.82) is 5.26 Å². The maximum Gasteiger partial charge on any atom is 0.106 e. The van der Waals surface area contributed by atoms with Gasteiger partial charge in [0.25, 0.3) is 0 Å². The van der Waals surface area contributed by atoms with Crippen molar-refractivity contribution in [2.75, 3.05) is 19.8 Å². The molecule has 0 aliphatic heterocycles. The van der Waals surface area contributed by atoms with Gasteiger partial charge in [0.2, 0.25) is 0 Å². The number of nitriles is 1. The Balaban J connectivity index is 2.11. The van der Waals surface area contributed by atoms with Gasteiger partial charge in [0.05, 0.1) is 25.4 Å². The number of rotatable bonds is 11. The second-order valence-corrected chi connectivity index (χ2v) is 5.71. The van der Waals surface area contributed by atoms with Crippen molar-refractivity contribution in [3.8, 4) is 6.07 Å². The normalized spacial score (nSPS) is 19.7. The van der Waals surface area contributed by atoms with Crippen LogP contribution in [0.4, 0.5) is 0 Å². The minimum atomic E-state index is -0.469. The minimum Gasteiger partial charge on any atom is -0.379 e. The Bertz CT molecular complexity index is 286. The topological polar surface area (TPSA) is 54.3 Å². The van der Waals surface area contributed by atoms with E-state index in [9.17, 15) is 5.26 Å². The van der Waals surface area contributed by atoms with Crippen LogP contribution in [0.1, 0.15) is 52.9 Å². The molecule has 0 heterocycles. The van der Waals surface area contributed by atoms with E-state index < -0.39 is 5.54 Å². The first kappa shape index (κ1) is 16.4. The predicted octanol–water partition coefficient (Wildman–Crippen LogP) is 2.63. The Morgan fingerprint density at radius 2 is 2.11 bits per heavy atom. The van der Waals surface area contributed by atoms with E-state index in [2.05, 4.69) is 18.3 Å². The molecule has 1 fully saturated rings. The molecule has 2 atom stereocenters. The van der Waals surface area contributed by atoms with Crippen LogP contribution in [0, 0.1) is 11.3 Å². The van der Waals surface area contributed by atoms with Crippen molar-refractivity contribution in [3.63, 3.8) is 0 Å². The lowest BCUT2D eigenvalue weighted by molar-refractivity contribution is 0.00193. The Labute approximate surface area is 117 Å². The molecule has 19 heavy (non-hydrogen) atoms. The highest BCUT2D eigenvalue weighted by molar-refractivity contribution is 5.07. The molecular weight excluding hydrogens is 240 g/mol. The van der Waals surface area contributed by atoms with Gasteiger partial charge in [0.1, 0.15) is 5.54 Å². The summed E-state index contributed by atoms with van der Waals surface area (Å²) in [5, 5.41) is 12.7. The summed E-state index contributed by atoms with van der Waals surface area (Å²) in [6.07, 6.45) is 5.44. The second-order valence-electron chi connectivity index (χ2n) is 5.71. The molecule has 0 radical (unpaired) electrons. The predicted molar refractivity (Wildman–Crippen MR) is 75.9 cm³/mol. The average Bonchev–Trinajstić information content (AvgIpc) is 3.17. The monoisotopic (exact) mass is 268 g/mol. The summed E-state index contributed by atoms with van der Waals surface area (Å²) in [5.41, 5.74) is -0.469. The summed E-state index contributed by atoms with van der Waals surface area (Å²) >= 11 is 0. The Hall–Kier alpha value is -0.630. The number of hydrogen-bond donors (Lipinski definition) is 1. The fourth-order valence-electron chi connectivity index (χ4n) is 2.11. The fraction of sp³-hybridized carbons (Fsp3) is 0.933. The van der Waals surface area contributed by atoms with Crippen molar-refractivity contribution in [2.24, 2.45) is 0 Å². The maximum atomic E-state index is 9.29. The summed E-state index contributed by atoms with van der Waals surface area (Å²) in [5.74, 6) is 0. The molecule has 0 spiro atoms. The summed E-state index contributed by atoms with van der Waals surface area (Å²) in [7, 11) is 0. The lowest BCUT2D eigenvalue weighted by Gasteiger charge is -2.26. The third kappa shape index (κ3) is 7.51. The molecular formula is C15H28N2O2.